The van der Waals surface area contributed by atoms with E-state index >= 15 is 0 Å². The van der Waals surface area contributed by atoms with Crippen molar-refractivity contribution in [1.82, 2.24) is 19.7 Å². The fraction of sp³-hybridized carbons (Fsp3) is 0.375. The highest BCUT2D eigenvalue weighted by Gasteiger charge is 2.25. The zero-order valence-corrected chi connectivity index (χ0v) is 13.3. The molecule has 0 atom stereocenters. The average Bonchev–Trinajstić information content (AvgIpc) is 3.03. The first-order chi connectivity index (χ1) is 11.6. The Balaban J connectivity index is 1.63. The van der Waals surface area contributed by atoms with Crippen LogP contribution in [0.3, 0.4) is 0 Å². The van der Waals surface area contributed by atoms with Crippen molar-refractivity contribution < 1.29 is 4.79 Å². The van der Waals surface area contributed by atoms with Crippen LogP contribution in [0.4, 0.5) is 10.5 Å². The van der Waals surface area contributed by atoms with Crippen LogP contribution in [-0.4, -0.2) is 38.8 Å². The van der Waals surface area contributed by atoms with E-state index in [2.05, 4.69) is 21.6 Å². The van der Waals surface area contributed by atoms with Gasteiger partial charge in [0.2, 0.25) is 0 Å². The first kappa shape index (κ1) is 15.8. The van der Waals surface area contributed by atoms with E-state index in [9.17, 15) is 9.59 Å². The fourth-order valence-electron chi connectivity index (χ4n) is 2.88. The van der Waals surface area contributed by atoms with E-state index in [0.717, 1.165) is 5.56 Å². The van der Waals surface area contributed by atoms with Crippen molar-refractivity contribution in [1.29, 1.82) is 5.26 Å². The summed E-state index contributed by atoms with van der Waals surface area (Å²) < 4.78 is 1.58. The van der Waals surface area contributed by atoms with Crippen LogP contribution in [0.1, 0.15) is 30.0 Å². The van der Waals surface area contributed by atoms with Gasteiger partial charge in [0.15, 0.2) is 0 Å². The molecular weight excluding hydrogens is 308 g/mol. The maximum Gasteiger partial charge on any atom is 0.343 e. The number of nitriles is 1. The number of H-pyrrole nitrogens is 1. The summed E-state index contributed by atoms with van der Waals surface area (Å²) in [6.07, 6.45) is 2.90. The van der Waals surface area contributed by atoms with Gasteiger partial charge < -0.3 is 10.2 Å². The number of benzene rings is 1. The lowest BCUT2D eigenvalue weighted by Gasteiger charge is -2.32. The van der Waals surface area contributed by atoms with Crippen LogP contribution in [0.25, 0.3) is 0 Å². The molecule has 24 heavy (non-hydrogen) atoms. The Labute approximate surface area is 138 Å². The molecule has 0 saturated carbocycles. The number of likely N-dealkylation sites (tertiary alicyclic amines) is 1. The topological polar surface area (TPSA) is 107 Å². The number of aromatic nitrogens is 3. The molecule has 8 nitrogen and oxygen atoms in total. The summed E-state index contributed by atoms with van der Waals surface area (Å²) >= 11 is 0. The van der Waals surface area contributed by atoms with E-state index in [-0.39, 0.29) is 17.8 Å². The Morgan fingerprint density at radius 1 is 1.42 bits per heavy atom. The summed E-state index contributed by atoms with van der Waals surface area (Å²) in [6.45, 7) is 3.00. The van der Waals surface area contributed by atoms with Crippen molar-refractivity contribution in [3.05, 3.63) is 46.1 Å². The molecule has 124 valence electrons. The van der Waals surface area contributed by atoms with Gasteiger partial charge in [-0.2, -0.15) is 10.4 Å². The van der Waals surface area contributed by atoms with Crippen LogP contribution in [-0.2, 0) is 0 Å². The quantitative estimate of drug-likeness (QED) is 0.874. The van der Waals surface area contributed by atoms with E-state index in [4.69, 9.17) is 5.26 Å². The molecule has 1 saturated heterocycles. The SMILES string of the molecule is Cc1ccc(C#N)cc1NC(=O)N1CCC(n2cn[nH]c2=O)CC1. The van der Waals surface area contributed by atoms with Crippen molar-refractivity contribution in [2.45, 2.75) is 25.8 Å². The lowest BCUT2D eigenvalue weighted by atomic mass is 10.1. The number of carbonyl (C=O) groups is 1. The van der Waals surface area contributed by atoms with Gasteiger partial charge in [0, 0.05) is 24.8 Å². The number of hydrogen-bond donors (Lipinski definition) is 2. The summed E-state index contributed by atoms with van der Waals surface area (Å²) in [7, 11) is 0. The molecule has 1 aromatic carbocycles. The Bertz CT molecular complexity index is 839. The van der Waals surface area contributed by atoms with Gasteiger partial charge in [-0.15, -0.1) is 0 Å². The van der Waals surface area contributed by atoms with Gasteiger partial charge in [-0.05, 0) is 37.5 Å². The van der Waals surface area contributed by atoms with Gasteiger partial charge in [0.1, 0.15) is 6.33 Å². The second-order valence-electron chi connectivity index (χ2n) is 5.86. The third-order valence-corrected chi connectivity index (χ3v) is 4.33. The number of nitrogens with zero attached hydrogens (tertiary/aromatic N) is 4. The van der Waals surface area contributed by atoms with E-state index in [0.29, 0.717) is 37.2 Å². The Hall–Kier alpha value is -3.08. The largest absolute Gasteiger partial charge is 0.343 e. The Morgan fingerprint density at radius 2 is 2.17 bits per heavy atom. The number of aromatic amines is 1. The monoisotopic (exact) mass is 326 g/mol. The smallest absolute Gasteiger partial charge is 0.324 e. The lowest BCUT2D eigenvalue weighted by Crippen LogP contribution is -2.42. The van der Waals surface area contributed by atoms with Gasteiger partial charge >= 0.3 is 11.7 Å². The average molecular weight is 326 g/mol. The van der Waals surface area contributed by atoms with Gasteiger partial charge in [0.05, 0.1) is 11.6 Å². The van der Waals surface area contributed by atoms with Crippen LogP contribution in [0, 0.1) is 18.3 Å². The highest BCUT2D eigenvalue weighted by Crippen LogP contribution is 2.22. The summed E-state index contributed by atoms with van der Waals surface area (Å²) in [4.78, 5) is 25.7. The van der Waals surface area contributed by atoms with E-state index in [1.54, 1.807) is 21.6 Å². The van der Waals surface area contributed by atoms with Crippen molar-refractivity contribution >= 4 is 11.7 Å². The van der Waals surface area contributed by atoms with E-state index in [1.807, 2.05) is 13.0 Å². The fourth-order valence-corrected chi connectivity index (χ4v) is 2.88. The number of anilines is 1. The number of piperidine rings is 1. The number of nitrogens with one attached hydrogen (secondary N) is 2. The molecule has 8 heteroatoms. The number of aryl methyl sites for hydroxylation is 1. The predicted octanol–water partition coefficient (Wildman–Crippen LogP) is 1.62. The number of hydrogen-bond acceptors (Lipinski definition) is 4. The molecule has 0 bridgehead atoms. The molecule has 1 aliphatic rings. The maximum atomic E-state index is 12.4. The van der Waals surface area contributed by atoms with Crippen LogP contribution >= 0.6 is 0 Å². The second-order valence-corrected chi connectivity index (χ2v) is 5.86. The standard InChI is InChI=1S/C16H18N6O2/c1-11-2-3-12(9-17)8-14(11)19-15(23)21-6-4-13(5-7-21)22-10-18-20-16(22)24/h2-3,8,10,13H,4-7H2,1H3,(H,19,23)(H,20,24). The lowest BCUT2D eigenvalue weighted by molar-refractivity contribution is 0.183. The minimum atomic E-state index is -0.221. The molecule has 2 heterocycles. The zero-order chi connectivity index (χ0) is 17.1. The molecule has 3 rings (SSSR count). The third-order valence-electron chi connectivity index (χ3n) is 4.33. The van der Waals surface area contributed by atoms with Gasteiger partial charge in [0.25, 0.3) is 0 Å². The molecule has 0 aliphatic carbocycles. The van der Waals surface area contributed by atoms with Crippen LogP contribution < -0.4 is 11.0 Å². The number of amides is 2. The van der Waals surface area contributed by atoms with E-state index < -0.39 is 0 Å². The Morgan fingerprint density at radius 3 is 2.79 bits per heavy atom. The van der Waals surface area contributed by atoms with Crippen molar-refractivity contribution in [3.63, 3.8) is 0 Å². The summed E-state index contributed by atoms with van der Waals surface area (Å²) in [6, 6.07) is 7.14. The molecule has 0 radical (unpaired) electrons. The van der Waals surface area contributed by atoms with Crippen molar-refractivity contribution in [3.8, 4) is 6.07 Å². The minimum Gasteiger partial charge on any atom is -0.324 e. The maximum absolute atomic E-state index is 12.4. The molecule has 0 spiro atoms. The summed E-state index contributed by atoms with van der Waals surface area (Å²) in [5.41, 5.74) is 1.84. The molecule has 2 amide bonds. The first-order valence-electron chi connectivity index (χ1n) is 7.76. The molecule has 1 aromatic heterocycles. The van der Waals surface area contributed by atoms with Crippen LogP contribution in [0.5, 0.6) is 0 Å². The highest BCUT2D eigenvalue weighted by molar-refractivity contribution is 5.90. The first-order valence-corrected chi connectivity index (χ1v) is 7.76. The van der Waals surface area contributed by atoms with Crippen LogP contribution in [0.15, 0.2) is 29.3 Å². The number of urea groups is 1. The molecule has 1 aliphatic heterocycles. The van der Waals surface area contributed by atoms with Gasteiger partial charge in [-0.25, -0.2) is 14.7 Å². The summed E-state index contributed by atoms with van der Waals surface area (Å²) in [5.74, 6) is 0. The minimum absolute atomic E-state index is 0.0592. The predicted molar refractivity (Wildman–Crippen MR) is 87.6 cm³/mol. The normalized spacial score (nSPS) is 15.1. The van der Waals surface area contributed by atoms with Crippen LogP contribution in [0.2, 0.25) is 0 Å². The molecule has 2 N–H and O–H groups in total. The second kappa shape index (κ2) is 6.58. The molecule has 2 aromatic rings. The summed E-state index contributed by atoms with van der Waals surface area (Å²) in [5, 5.41) is 18.0. The number of rotatable bonds is 2. The zero-order valence-electron chi connectivity index (χ0n) is 13.3. The molecular formula is C16H18N6O2. The van der Waals surface area contributed by atoms with Crippen molar-refractivity contribution in [2.24, 2.45) is 0 Å². The third kappa shape index (κ3) is 3.15. The van der Waals surface area contributed by atoms with Gasteiger partial charge in [-0.1, -0.05) is 6.07 Å². The number of carbonyl (C=O) groups excluding carboxylic acids is 1. The van der Waals surface area contributed by atoms with E-state index in [1.165, 1.54) is 6.33 Å². The molecule has 0 unspecified atom stereocenters. The van der Waals surface area contributed by atoms with Crippen molar-refractivity contribution in [2.75, 3.05) is 18.4 Å². The Kier molecular flexibility index (Phi) is 4.33. The highest BCUT2D eigenvalue weighted by atomic mass is 16.2. The molecule has 1 fully saturated rings. The van der Waals surface area contributed by atoms with Gasteiger partial charge in [-0.3, -0.25) is 4.57 Å².